The molecule has 0 saturated heterocycles. The molecule has 0 heterocycles. The summed E-state index contributed by atoms with van der Waals surface area (Å²) in [5.41, 5.74) is 0. The van der Waals surface area contributed by atoms with Crippen LogP contribution in [0, 0.1) is 5.92 Å². The molecule has 1 aliphatic rings. The van der Waals surface area contributed by atoms with Gasteiger partial charge in [0.15, 0.2) is 0 Å². The van der Waals surface area contributed by atoms with Gasteiger partial charge in [-0.25, -0.2) is 0 Å². The molecule has 2 unspecified atom stereocenters. The Morgan fingerprint density at radius 2 is 1.88 bits per heavy atom. The molecule has 2 heteroatoms. The van der Waals surface area contributed by atoms with Gasteiger partial charge in [0.05, 0.1) is 6.10 Å². The van der Waals surface area contributed by atoms with E-state index in [1.165, 1.54) is 57.8 Å². The van der Waals surface area contributed by atoms with E-state index >= 15 is 0 Å². The number of likely N-dealkylation sites (N-methyl/N-ethyl adjacent to an activating group) is 1. The van der Waals surface area contributed by atoms with Crippen LogP contribution in [0.15, 0.2) is 0 Å². The van der Waals surface area contributed by atoms with Gasteiger partial charge in [-0.3, -0.25) is 0 Å². The Bertz CT molecular complexity index is 178. The molecular formula is C15H31NO. The van der Waals surface area contributed by atoms with Crippen LogP contribution in [0.25, 0.3) is 0 Å². The molecule has 2 nitrogen and oxygen atoms in total. The number of hydrogen-bond acceptors (Lipinski definition) is 2. The first kappa shape index (κ1) is 15.0. The summed E-state index contributed by atoms with van der Waals surface area (Å²) in [6.07, 6.45) is 12.6. The summed E-state index contributed by atoms with van der Waals surface area (Å²) in [5.74, 6) is 0.785. The van der Waals surface area contributed by atoms with Gasteiger partial charge < -0.3 is 10.1 Å². The van der Waals surface area contributed by atoms with Gasteiger partial charge >= 0.3 is 0 Å². The average molecular weight is 241 g/mol. The molecule has 2 atom stereocenters. The third-order valence-electron chi connectivity index (χ3n) is 4.27. The summed E-state index contributed by atoms with van der Waals surface area (Å²) in [6, 6.07) is 0.551. The van der Waals surface area contributed by atoms with Crippen molar-refractivity contribution in [1.82, 2.24) is 5.32 Å². The SMILES string of the molecule is CCCCCC(NC)C(OC)C1CCCCC1. The number of hydrogen-bond donors (Lipinski definition) is 1. The normalized spacial score (nSPS) is 21.4. The first-order valence-electron chi connectivity index (χ1n) is 7.53. The van der Waals surface area contributed by atoms with Crippen molar-refractivity contribution in [3.8, 4) is 0 Å². The summed E-state index contributed by atoms with van der Waals surface area (Å²) in [5, 5.41) is 3.48. The van der Waals surface area contributed by atoms with E-state index in [0.29, 0.717) is 12.1 Å². The molecule has 0 spiro atoms. The molecule has 1 saturated carbocycles. The third-order valence-corrected chi connectivity index (χ3v) is 4.27. The van der Waals surface area contributed by atoms with Gasteiger partial charge in [-0.05, 0) is 32.2 Å². The van der Waals surface area contributed by atoms with Crippen LogP contribution < -0.4 is 5.32 Å². The summed E-state index contributed by atoms with van der Waals surface area (Å²) in [6.45, 7) is 2.27. The van der Waals surface area contributed by atoms with Gasteiger partial charge in [0, 0.05) is 13.2 Å². The average Bonchev–Trinajstić information content (AvgIpc) is 2.39. The van der Waals surface area contributed by atoms with Crippen LogP contribution >= 0.6 is 0 Å². The number of ether oxygens (including phenoxy) is 1. The predicted octanol–water partition coefficient (Wildman–Crippen LogP) is 3.75. The fourth-order valence-corrected chi connectivity index (χ4v) is 3.24. The highest BCUT2D eigenvalue weighted by molar-refractivity contribution is 4.84. The predicted molar refractivity (Wildman–Crippen MR) is 74.4 cm³/mol. The van der Waals surface area contributed by atoms with Crippen molar-refractivity contribution in [1.29, 1.82) is 0 Å². The van der Waals surface area contributed by atoms with Crippen molar-refractivity contribution in [2.24, 2.45) is 5.92 Å². The Balaban J connectivity index is 2.43. The van der Waals surface area contributed by atoms with E-state index in [1.807, 2.05) is 7.11 Å². The van der Waals surface area contributed by atoms with Crippen molar-refractivity contribution in [3.63, 3.8) is 0 Å². The minimum absolute atomic E-state index is 0.428. The Labute approximate surface area is 108 Å². The first-order valence-corrected chi connectivity index (χ1v) is 7.53. The van der Waals surface area contributed by atoms with E-state index in [0.717, 1.165) is 5.92 Å². The number of nitrogens with one attached hydrogen (secondary N) is 1. The highest BCUT2D eigenvalue weighted by Crippen LogP contribution is 2.30. The zero-order chi connectivity index (χ0) is 12.5. The molecule has 1 aliphatic carbocycles. The molecule has 0 radical (unpaired) electrons. The van der Waals surface area contributed by atoms with E-state index < -0.39 is 0 Å². The largest absolute Gasteiger partial charge is 0.380 e. The maximum absolute atomic E-state index is 5.81. The minimum Gasteiger partial charge on any atom is -0.380 e. The second kappa shape index (κ2) is 8.93. The number of rotatable bonds is 8. The van der Waals surface area contributed by atoms with E-state index in [-0.39, 0.29) is 0 Å². The highest BCUT2D eigenvalue weighted by Gasteiger charge is 2.29. The van der Waals surface area contributed by atoms with Crippen LogP contribution in [0.5, 0.6) is 0 Å². The Hall–Kier alpha value is -0.0800. The van der Waals surface area contributed by atoms with Crippen molar-refractivity contribution in [2.45, 2.75) is 76.9 Å². The van der Waals surface area contributed by atoms with Crippen LogP contribution in [-0.2, 0) is 4.74 Å². The summed E-state index contributed by atoms with van der Waals surface area (Å²) in [4.78, 5) is 0. The van der Waals surface area contributed by atoms with Gasteiger partial charge in [-0.15, -0.1) is 0 Å². The second-order valence-electron chi connectivity index (χ2n) is 5.49. The van der Waals surface area contributed by atoms with E-state index in [1.54, 1.807) is 0 Å². The van der Waals surface area contributed by atoms with Crippen LogP contribution in [0.3, 0.4) is 0 Å². The fraction of sp³-hybridized carbons (Fsp3) is 1.00. The molecule has 0 aromatic rings. The van der Waals surface area contributed by atoms with Gasteiger partial charge in [-0.1, -0.05) is 45.4 Å². The quantitative estimate of drug-likeness (QED) is 0.653. The third kappa shape index (κ3) is 4.97. The van der Waals surface area contributed by atoms with Crippen molar-refractivity contribution >= 4 is 0 Å². The van der Waals surface area contributed by atoms with Crippen molar-refractivity contribution in [2.75, 3.05) is 14.2 Å². The Kier molecular flexibility index (Phi) is 7.87. The molecule has 0 amide bonds. The Morgan fingerprint density at radius 1 is 1.18 bits per heavy atom. The molecule has 0 bridgehead atoms. The van der Waals surface area contributed by atoms with Crippen LogP contribution in [0.1, 0.15) is 64.7 Å². The molecular weight excluding hydrogens is 210 g/mol. The van der Waals surface area contributed by atoms with Crippen LogP contribution in [0.4, 0.5) is 0 Å². The number of unbranched alkanes of at least 4 members (excludes halogenated alkanes) is 2. The molecule has 0 aromatic heterocycles. The first-order chi connectivity index (χ1) is 8.33. The highest BCUT2D eigenvalue weighted by atomic mass is 16.5. The molecule has 1 N–H and O–H groups in total. The van der Waals surface area contributed by atoms with E-state index in [2.05, 4.69) is 19.3 Å². The fourth-order valence-electron chi connectivity index (χ4n) is 3.24. The lowest BCUT2D eigenvalue weighted by Gasteiger charge is -2.35. The number of methoxy groups -OCH3 is 1. The molecule has 1 fully saturated rings. The summed E-state index contributed by atoms with van der Waals surface area (Å²) in [7, 11) is 3.98. The lowest BCUT2D eigenvalue weighted by atomic mass is 9.81. The lowest BCUT2D eigenvalue weighted by molar-refractivity contribution is 0.00741. The van der Waals surface area contributed by atoms with Crippen LogP contribution in [0.2, 0.25) is 0 Å². The Morgan fingerprint density at radius 3 is 2.41 bits per heavy atom. The van der Waals surface area contributed by atoms with Gasteiger partial charge in [0.2, 0.25) is 0 Å². The van der Waals surface area contributed by atoms with Crippen molar-refractivity contribution in [3.05, 3.63) is 0 Å². The second-order valence-corrected chi connectivity index (χ2v) is 5.49. The van der Waals surface area contributed by atoms with Crippen molar-refractivity contribution < 1.29 is 4.74 Å². The van der Waals surface area contributed by atoms with Gasteiger partial charge in [-0.2, -0.15) is 0 Å². The zero-order valence-electron chi connectivity index (χ0n) is 12.0. The van der Waals surface area contributed by atoms with E-state index in [4.69, 9.17) is 4.74 Å². The molecule has 0 aliphatic heterocycles. The molecule has 0 aromatic carbocycles. The molecule has 1 rings (SSSR count). The van der Waals surface area contributed by atoms with E-state index in [9.17, 15) is 0 Å². The summed E-state index contributed by atoms with van der Waals surface area (Å²) >= 11 is 0. The topological polar surface area (TPSA) is 21.3 Å². The smallest absolute Gasteiger partial charge is 0.0752 e. The minimum atomic E-state index is 0.428. The zero-order valence-corrected chi connectivity index (χ0v) is 12.0. The monoisotopic (exact) mass is 241 g/mol. The molecule has 102 valence electrons. The molecule has 17 heavy (non-hydrogen) atoms. The summed E-state index contributed by atoms with van der Waals surface area (Å²) < 4.78 is 5.81. The maximum Gasteiger partial charge on any atom is 0.0752 e. The standard InChI is InChI=1S/C15H31NO/c1-4-5-7-12-14(16-2)15(17-3)13-10-8-6-9-11-13/h13-16H,4-12H2,1-3H3. The lowest BCUT2D eigenvalue weighted by Crippen LogP contribution is -2.44. The van der Waals surface area contributed by atoms with Gasteiger partial charge in [0.1, 0.15) is 0 Å². The van der Waals surface area contributed by atoms with Gasteiger partial charge in [0.25, 0.3) is 0 Å². The van der Waals surface area contributed by atoms with Crippen LogP contribution in [-0.4, -0.2) is 26.3 Å². The maximum atomic E-state index is 5.81.